The van der Waals surface area contributed by atoms with Crippen LogP contribution in [0.2, 0.25) is 5.02 Å². The molecule has 0 radical (unpaired) electrons. The van der Waals surface area contributed by atoms with Crippen LogP contribution in [0.1, 0.15) is 25.5 Å². The highest BCUT2D eigenvalue weighted by atomic mass is 79.9. The lowest BCUT2D eigenvalue weighted by Gasteiger charge is -2.50. The van der Waals surface area contributed by atoms with Crippen molar-refractivity contribution in [3.05, 3.63) is 33.3 Å². The SMILES string of the molecule is CC(c1ccc(Br)cc1Cl)N1CC(C)(OCC(=O)O)C1. The van der Waals surface area contributed by atoms with Gasteiger partial charge in [0.05, 0.1) is 5.60 Å². The second kappa shape index (κ2) is 6.02. The Hall–Kier alpha value is -0.620. The molecule has 1 saturated heterocycles. The molecule has 110 valence electrons. The number of likely N-dealkylation sites (tertiary alicyclic amines) is 1. The lowest BCUT2D eigenvalue weighted by atomic mass is 9.92. The van der Waals surface area contributed by atoms with Crippen molar-refractivity contribution in [3.63, 3.8) is 0 Å². The zero-order valence-corrected chi connectivity index (χ0v) is 13.7. The number of carboxylic acid groups (broad SMARTS) is 1. The monoisotopic (exact) mass is 361 g/mol. The molecule has 0 saturated carbocycles. The largest absolute Gasteiger partial charge is 0.480 e. The summed E-state index contributed by atoms with van der Waals surface area (Å²) in [6.45, 7) is 5.17. The first-order valence-corrected chi connectivity index (χ1v) is 7.52. The van der Waals surface area contributed by atoms with Crippen molar-refractivity contribution in [2.75, 3.05) is 19.7 Å². The molecule has 6 heteroatoms. The molecular formula is C14H17BrClNO3. The molecule has 0 aliphatic carbocycles. The predicted molar refractivity (Wildman–Crippen MR) is 81.1 cm³/mol. The van der Waals surface area contributed by atoms with Gasteiger partial charge in [-0.2, -0.15) is 0 Å². The molecule has 1 heterocycles. The van der Waals surface area contributed by atoms with Gasteiger partial charge in [0, 0.05) is 28.6 Å². The molecular weight excluding hydrogens is 346 g/mol. The van der Waals surface area contributed by atoms with E-state index in [1.165, 1.54) is 0 Å². The van der Waals surface area contributed by atoms with Crippen LogP contribution in [-0.2, 0) is 9.53 Å². The quantitative estimate of drug-likeness (QED) is 0.873. The topological polar surface area (TPSA) is 49.8 Å². The standard InChI is InChI=1S/C14H17BrClNO3/c1-9(11-4-3-10(15)5-12(11)16)17-7-14(2,8-17)20-6-13(18)19/h3-5,9H,6-8H2,1-2H3,(H,18,19). The van der Waals surface area contributed by atoms with Crippen molar-refractivity contribution < 1.29 is 14.6 Å². The summed E-state index contributed by atoms with van der Waals surface area (Å²) in [7, 11) is 0. The second-order valence-electron chi connectivity index (χ2n) is 5.38. The summed E-state index contributed by atoms with van der Waals surface area (Å²) < 4.78 is 6.37. The van der Waals surface area contributed by atoms with Gasteiger partial charge in [0.2, 0.25) is 0 Å². The fraction of sp³-hybridized carbons (Fsp3) is 0.500. The first kappa shape index (κ1) is 15.8. The summed E-state index contributed by atoms with van der Waals surface area (Å²) in [5, 5.41) is 9.38. The first-order valence-electron chi connectivity index (χ1n) is 6.35. The number of aliphatic carboxylic acids is 1. The van der Waals surface area contributed by atoms with Gasteiger partial charge in [-0.05, 0) is 31.5 Å². The van der Waals surface area contributed by atoms with E-state index in [0.29, 0.717) is 13.1 Å². The van der Waals surface area contributed by atoms with Crippen LogP contribution in [0.5, 0.6) is 0 Å². The van der Waals surface area contributed by atoms with Gasteiger partial charge in [-0.25, -0.2) is 4.79 Å². The van der Waals surface area contributed by atoms with Crippen LogP contribution in [0.3, 0.4) is 0 Å². The van der Waals surface area contributed by atoms with E-state index in [0.717, 1.165) is 15.1 Å². The van der Waals surface area contributed by atoms with E-state index in [9.17, 15) is 4.79 Å². The molecule has 1 aromatic rings. The van der Waals surface area contributed by atoms with E-state index < -0.39 is 5.97 Å². The molecule has 0 aromatic heterocycles. The van der Waals surface area contributed by atoms with Crippen molar-refractivity contribution in [2.45, 2.75) is 25.5 Å². The highest BCUT2D eigenvalue weighted by molar-refractivity contribution is 9.10. The number of halogens is 2. The minimum atomic E-state index is -0.936. The lowest BCUT2D eigenvalue weighted by Crippen LogP contribution is -2.62. The molecule has 4 nitrogen and oxygen atoms in total. The average Bonchev–Trinajstić information content (AvgIpc) is 2.32. The highest BCUT2D eigenvalue weighted by Gasteiger charge is 2.42. The number of hydrogen-bond acceptors (Lipinski definition) is 3. The summed E-state index contributed by atoms with van der Waals surface area (Å²) >= 11 is 9.65. The Morgan fingerprint density at radius 3 is 2.80 bits per heavy atom. The fourth-order valence-electron chi connectivity index (χ4n) is 2.45. The molecule has 0 amide bonds. The maximum absolute atomic E-state index is 10.5. The van der Waals surface area contributed by atoms with Crippen LogP contribution < -0.4 is 0 Å². The maximum Gasteiger partial charge on any atom is 0.329 e. The number of benzene rings is 1. The van der Waals surface area contributed by atoms with Crippen molar-refractivity contribution in [1.29, 1.82) is 0 Å². The predicted octanol–water partition coefficient (Wildman–Crippen LogP) is 3.34. The molecule has 1 atom stereocenters. The smallest absolute Gasteiger partial charge is 0.329 e. The molecule has 2 rings (SSSR count). The third-order valence-electron chi connectivity index (χ3n) is 3.58. The molecule has 1 aliphatic heterocycles. The molecule has 1 fully saturated rings. The number of hydrogen-bond donors (Lipinski definition) is 1. The van der Waals surface area contributed by atoms with Gasteiger partial charge in [0.1, 0.15) is 6.61 Å². The first-order chi connectivity index (χ1) is 9.31. The molecule has 1 aromatic carbocycles. The van der Waals surface area contributed by atoms with Gasteiger partial charge in [0.25, 0.3) is 0 Å². The van der Waals surface area contributed by atoms with E-state index in [-0.39, 0.29) is 18.2 Å². The Bertz CT molecular complexity index is 517. The van der Waals surface area contributed by atoms with E-state index >= 15 is 0 Å². The molecule has 1 unspecified atom stereocenters. The van der Waals surface area contributed by atoms with Crippen LogP contribution in [0.4, 0.5) is 0 Å². The second-order valence-corrected chi connectivity index (χ2v) is 6.70. The zero-order chi connectivity index (χ0) is 14.9. The van der Waals surface area contributed by atoms with E-state index in [1.54, 1.807) is 0 Å². The Morgan fingerprint density at radius 2 is 2.25 bits per heavy atom. The third-order valence-corrected chi connectivity index (χ3v) is 4.40. The van der Waals surface area contributed by atoms with Gasteiger partial charge in [-0.1, -0.05) is 33.6 Å². The van der Waals surface area contributed by atoms with Gasteiger partial charge >= 0.3 is 5.97 Å². The minimum Gasteiger partial charge on any atom is -0.480 e. The zero-order valence-electron chi connectivity index (χ0n) is 11.4. The maximum atomic E-state index is 10.5. The van der Waals surface area contributed by atoms with Crippen molar-refractivity contribution in [3.8, 4) is 0 Å². The fourth-order valence-corrected chi connectivity index (χ4v) is 3.28. The Morgan fingerprint density at radius 1 is 1.60 bits per heavy atom. The van der Waals surface area contributed by atoms with Gasteiger partial charge in [-0.3, -0.25) is 4.90 Å². The van der Waals surface area contributed by atoms with Gasteiger partial charge in [-0.15, -0.1) is 0 Å². The van der Waals surface area contributed by atoms with Gasteiger partial charge in [0.15, 0.2) is 0 Å². The number of carboxylic acids is 1. The summed E-state index contributed by atoms with van der Waals surface area (Å²) in [6, 6.07) is 6.03. The molecule has 0 spiro atoms. The summed E-state index contributed by atoms with van der Waals surface area (Å²) in [5.41, 5.74) is 0.684. The molecule has 1 aliphatic rings. The van der Waals surface area contributed by atoms with E-state index in [4.69, 9.17) is 21.4 Å². The summed E-state index contributed by atoms with van der Waals surface area (Å²) in [5.74, 6) is -0.936. The third kappa shape index (κ3) is 3.52. The Kier molecular flexibility index (Phi) is 4.74. The van der Waals surface area contributed by atoms with Crippen LogP contribution in [-0.4, -0.2) is 41.3 Å². The number of rotatable bonds is 5. The number of carbonyl (C=O) groups is 1. The average molecular weight is 363 g/mol. The van der Waals surface area contributed by atoms with Gasteiger partial charge < -0.3 is 9.84 Å². The minimum absolute atomic E-state index is 0.178. The normalized spacial score (nSPS) is 19.4. The van der Waals surface area contributed by atoms with Crippen molar-refractivity contribution >= 4 is 33.5 Å². The lowest BCUT2D eigenvalue weighted by molar-refractivity contribution is -0.169. The number of ether oxygens (including phenoxy) is 1. The van der Waals surface area contributed by atoms with E-state index in [1.807, 2.05) is 25.1 Å². The Labute approximate surface area is 131 Å². The van der Waals surface area contributed by atoms with Crippen LogP contribution in [0, 0.1) is 0 Å². The van der Waals surface area contributed by atoms with Crippen LogP contribution in [0.25, 0.3) is 0 Å². The summed E-state index contributed by atoms with van der Waals surface area (Å²) in [4.78, 5) is 12.8. The van der Waals surface area contributed by atoms with E-state index in [2.05, 4.69) is 27.8 Å². The Balaban J connectivity index is 1.96. The van der Waals surface area contributed by atoms with Crippen LogP contribution >= 0.6 is 27.5 Å². The molecule has 1 N–H and O–H groups in total. The van der Waals surface area contributed by atoms with Crippen molar-refractivity contribution in [2.24, 2.45) is 0 Å². The van der Waals surface area contributed by atoms with Crippen LogP contribution in [0.15, 0.2) is 22.7 Å². The molecule has 20 heavy (non-hydrogen) atoms. The highest BCUT2D eigenvalue weighted by Crippen LogP contribution is 2.36. The molecule has 0 bridgehead atoms. The summed E-state index contributed by atoms with van der Waals surface area (Å²) in [6.07, 6.45) is 0. The number of nitrogens with zero attached hydrogens (tertiary/aromatic N) is 1. The van der Waals surface area contributed by atoms with Crippen molar-refractivity contribution in [1.82, 2.24) is 4.90 Å².